The second kappa shape index (κ2) is 13.1. The molecule has 0 spiro atoms. The van der Waals surface area contributed by atoms with Crippen molar-refractivity contribution in [3.05, 3.63) is 125 Å². The van der Waals surface area contributed by atoms with Gasteiger partial charge in [0, 0.05) is 24.2 Å². The van der Waals surface area contributed by atoms with Crippen LogP contribution in [0.15, 0.2) is 91.3 Å². The fourth-order valence-corrected chi connectivity index (χ4v) is 7.18. The molecule has 0 unspecified atom stereocenters. The summed E-state index contributed by atoms with van der Waals surface area (Å²) in [6, 6.07) is 22.8. The van der Waals surface area contributed by atoms with E-state index >= 15 is 0 Å². The molecule has 0 aromatic heterocycles. The van der Waals surface area contributed by atoms with E-state index in [0.717, 1.165) is 48.9 Å². The molecule has 0 radical (unpaired) electrons. The first-order valence-corrected chi connectivity index (χ1v) is 16.4. The zero-order chi connectivity index (χ0) is 30.6. The van der Waals surface area contributed by atoms with Gasteiger partial charge in [-0.1, -0.05) is 94.8 Å². The maximum Gasteiger partial charge on any atom is 0.123 e. The second-order valence-corrected chi connectivity index (χ2v) is 13.8. The minimum Gasteiger partial charge on any atom is -0.359 e. The third-order valence-electron chi connectivity index (χ3n) is 10.4. The van der Waals surface area contributed by atoms with Crippen LogP contribution in [-0.2, 0) is 18.3 Å². The highest BCUT2D eigenvalue weighted by molar-refractivity contribution is 5.54. The quantitative estimate of drug-likeness (QED) is 0.203. The number of nitrogens with one attached hydrogen (secondary N) is 1. The molecule has 1 N–H and O–H groups in total. The van der Waals surface area contributed by atoms with Gasteiger partial charge in [-0.15, -0.1) is 0 Å². The van der Waals surface area contributed by atoms with Crippen LogP contribution < -0.4 is 5.32 Å². The van der Waals surface area contributed by atoms with Crippen molar-refractivity contribution in [3.63, 3.8) is 0 Å². The molecular formula is C40H51FN2. The molecule has 2 fully saturated rings. The first-order valence-electron chi connectivity index (χ1n) is 16.4. The third kappa shape index (κ3) is 7.61. The summed E-state index contributed by atoms with van der Waals surface area (Å²) in [4.78, 5) is 2.43. The van der Waals surface area contributed by atoms with E-state index in [4.69, 9.17) is 0 Å². The molecule has 43 heavy (non-hydrogen) atoms. The number of allylic oxidation sites excluding steroid dienone is 1. The van der Waals surface area contributed by atoms with Crippen LogP contribution in [-0.4, -0.2) is 18.0 Å². The lowest BCUT2D eigenvalue weighted by molar-refractivity contribution is 0.113. The van der Waals surface area contributed by atoms with Gasteiger partial charge in [-0.3, -0.25) is 0 Å². The van der Waals surface area contributed by atoms with Crippen LogP contribution in [0.5, 0.6) is 0 Å². The van der Waals surface area contributed by atoms with Gasteiger partial charge in [0.1, 0.15) is 5.82 Å². The summed E-state index contributed by atoms with van der Waals surface area (Å²) in [6.45, 7) is 20.1. The van der Waals surface area contributed by atoms with Crippen molar-refractivity contribution >= 4 is 5.69 Å². The van der Waals surface area contributed by atoms with Gasteiger partial charge in [0.2, 0.25) is 0 Å². The third-order valence-corrected chi connectivity index (χ3v) is 10.4. The Hall–Kier alpha value is -3.33. The predicted octanol–water partition coefficient (Wildman–Crippen LogP) is 10.4. The van der Waals surface area contributed by atoms with Crippen LogP contribution in [0.2, 0.25) is 0 Å². The molecule has 3 heteroatoms. The molecule has 0 amide bonds. The fourth-order valence-electron chi connectivity index (χ4n) is 7.18. The standard InChI is InChI=1S/C40H51FN2/c1-7-31(8-2)28-39(6)19-21-43(22-20-39)30(5)42-38-26-34(25-35(27-38)24-33-11-15-37(41)16-12-33)23-32-9-13-36(14-10-32)40(17-18-40)29(3)4/h9-16,25-27,31,42H,3,5,7-8,17-24,28H2,1-2,4,6H3. The number of anilines is 1. The largest absolute Gasteiger partial charge is 0.359 e. The van der Waals surface area contributed by atoms with Gasteiger partial charge < -0.3 is 10.2 Å². The number of hydrogen-bond donors (Lipinski definition) is 1. The van der Waals surface area contributed by atoms with Crippen LogP contribution in [0.25, 0.3) is 0 Å². The Kier molecular flexibility index (Phi) is 9.49. The van der Waals surface area contributed by atoms with E-state index in [1.54, 1.807) is 12.1 Å². The van der Waals surface area contributed by atoms with E-state index in [1.807, 2.05) is 12.1 Å². The van der Waals surface area contributed by atoms with E-state index in [9.17, 15) is 4.39 Å². The monoisotopic (exact) mass is 578 g/mol. The lowest BCUT2D eigenvalue weighted by atomic mass is 9.72. The maximum atomic E-state index is 13.6. The second-order valence-electron chi connectivity index (χ2n) is 13.8. The molecule has 3 aromatic rings. The summed E-state index contributed by atoms with van der Waals surface area (Å²) in [5.41, 5.74) is 9.25. The Labute approximate surface area is 260 Å². The highest BCUT2D eigenvalue weighted by Gasteiger charge is 2.44. The van der Waals surface area contributed by atoms with Crippen molar-refractivity contribution in [1.29, 1.82) is 0 Å². The molecule has 228 valence electrons. The Morgan fingerprint density at radius 1 is 0.814 bits per heavy atom. The topological polar surface area (TPSA) is 15.3 Å². The lowest BCUT2D eigenvalue weighted by Crippen LogP contribution is -2.40. The van der Waals surface area contributed by atoms with Crippen molar-refractivity contribution in [2.75, 3.05) is 18.4 Å². The van der Waals surface area contributed by atoms with Crippen LogP contribution in [0.1, 0.15) is 100 Å². The minimum atomic E-state index is -0.197. The van der Waals surface area contributed by atoms with Gasteiger partial charge in [0.05, 0.1) is 5.82 Å². The first-order chi connectivity index (χ1) is 20.6. The molecule has 1 saturated carbocycles. The zero-order valence-corrected chi connectivity index (χ0v) is 26.9. The van der Waals surface area contributed by atoms with Crippen molar-refractivity contribution in [3.8, 4) is 0 Å². The summed E-state index contributed by atoms with van der Waals surface area (Å²) >= 11 is 0. The van der Waals surface area contributed by atoms with E-state index in [-0.39, 0.29) is 11.2 Å². The van der Waals surface area contributed by atoms with Gasteiger partial charge in [-0.2, -0.15) is 0 Å². The molecule has 2 aliphatic rings. The number of halogens is 1. The van der Waals surface area contributed by atoms with Crippen LogP contribution in [0.3, 0.4) is 0 Å². The SMILES string of the molecule is C=C(Nc1cc(Cc2ccc(F)cc2)cc(Cc2ccc(C3(C(=C)C)CC3)cc2)c1)N1CCC(C)(CC(CC)CC)CC1. The maximum absolute atomic E-state index is 13.6. The number of rotatable bonds is 13. The number of nitrogens with zero attached hydrogens (tertiary/aromatic N) is 1. The Balaban J connectivity index is 1.31. The predicted molar refractivity (Wildman–Crippen MR) is 181 cm³/mol. The van der Waals surface area contributed by atoms with E-state index in [2.05, 4.69) is 93.5 Å². The average Bonchev–Trinajstić information content (AvgIpc) is 3.80. The summed E-state index contributed by atoms with van der Waals surface area (Å²) in [5.74, 6) is 1.61. The van der Waals surface area contributed by atoms with E-state index < -0.39 is 0 Å². The fraction of sp³-hybridized carbons (Fsp3) is 0.450. The highest BCUT2D eigenvalue weighted by atomic mass is 19.1. The van der Waals surface area contributed by atoms with Crippen LogP contribution in [0, 0.1) is 17.2 Å². The van der Waals surface area contributed by atoms with Crippen LogP contribution >= 0.6 is 0 Å². The first kappa shape index (κ1) is 31.1. The summed E-state index contributed by atoms with van der Waals surface area (Å²) in [5, 5.41) is 3.68. The molecule has 0 bridgehead atoms. The van der Waals surface area contributed by atoms with Gasteiger partial charge >= 0.3 is 0 Å². The molecule has 1 saturated heterocycles. The Morgan fingerprint density at radius 2 is 1.35 bits per heavy atom. The van der Waals surface area contributed by atoms with Crippen molar-refractivity contribution in [2.45, 2.75) is 90.9 Å². The Bertz CT molecular complexity index is 1400. The van der Waals surface area contributed by atoms with Crippen LogP contribution in [0.4, 0.5) is 10.1 Å². The Morgan fingerprint density at radius 3 is 1.84 bits per heavy atom. The van der Waals surface area contributed by atoms with Gasteiger partial charge in [-0.25, -0.2) is 4.39 Å². The van der Waals surface area contributed by atoms with Crippen molar-refractivity contribution < 1.29 is 4.39 Å². The number of hydrogen-bond acceptors (Lipinski definition) is 2. The lowest BCUT2D eigenvalue weighted by Gasteiger charge is -2.42. The molecule has 5 rings (SSSR count). The molecule has 0 atom stereocenters. The molecule has 3 aromatic carbocycles. The van der Waals surface area contributed by atoms with E-state index in [0.29, 0.717) is 5.41 Å². The average molecular weight is 579 g/mol. The summed E-state index contributed by atoms with van der Waals surface area (Å²) < 4.78 is 13.6. The number of benzene rings is 3. The molecule has 1 aliphatic carbocycles. The van der Waals surface area contributed by atoms with Gasteiger partial charge in [0.25, 0.3) is 0 Å². The zero-order valence-electron chi connectivity index (χ0n) is 26.9. The molecular weight excluding hydrogens is 527 g/mol. The summed E-state index contributed by atoms with van der Waals surface area (Å²) in [6.07, 6.45) is 10.3. The highest BCUT2D eigenvalue weighted by Crippen LogP contribution is 2.53. The number of piperidine rings is 1. The smallest absolute Gasteiger partial charge is 0.123 e. The van der Waals surface area contributed by atoms with Gasteiger partial charge in [0.15, 0.2) is 0 Å². The van der Waals surface area contributed by atoms with Crippen molar-refractivity contribution in [1.82, 2.24) is 4.90 Å². The van der Waals surface area contributed by atoms with Gasteiger partial charge in [-0.05, 0) is 115 Å². The molecule has 1 aliphatic heterocycles. The summed E-state index contributed by atoms with van der Waals surface area (Å²) in [7, 11) is 0. The molecule has 2 nitrogen and oxygen atoms in total. The normalized spacial score (nSPS) is 17.1. The minimum absolute atomic E-state index is 0.197. The van der Waals surface area contributed by atoms with Crippen molar-refractivity contribution in [2.24, 2.45) is 11.3 Å². The number of likely N-dealkylation sites (tertiary alicyclic amines) is 1. The van der Waals surface area contributed by atoms with E-state index in [1.165, 1.54) is 72.8 Å². The molecule has 1 heterocycles.